The summed E-state index contributed by atoms with van der Waals surface area (Å²) in [5.74, 6) is 1.19. The molecule has 0 aliphatic heterocycles. The Morgan fingerprint density at radius 2 is 1.24 bits per heavy atom. The zero-order chi connectivity index (χ0) is 26.8. The molecule has 3 aromatic rings. The Bertz CT molecular complexity index is 1150. The molecule has 0 amide bonds. The summed E-state index contributed by atoms with van der Waals surface area (Å²) in [5.41, 5.74) is 2.63. The van der Waals surface area contributed by atoms with Gasteiger partial charge in [0.25, 0.3) is 0 Å². The van der Waals surface area contributed by atoms with E-state index >= 15 is 0 Å². The summed E-state index contributed by atoms with van der Waals surface area (Å²) in [7, 11) is 0. The van der Waals surface area contributed by atoms with Crippen molar-refractivity contribution in [2.75, 3.05) is 6.61 Å². The molecule has 0 bridgehead atoms. The maximum absolute atomic E-state index is 12.2. The summed E-state index contributed by atoms with van der Waals surface area (Å²) in [4.78, 5) is 24.3. The minimum absolute atomic E-state index is 0.0440. The highest BCUT2D eigenvalue weighted by molar-refractivity contribution is 6.06. The van der Waals surface area contributed by atoms with Gasteiger partial charge in [0.05, 0.1) is 6.61 Å². The monoisotopic (exact) mass is 510 g/mol. The minimum atomic E-state index is -0.202. The number of carbonyl (C=O) groups is 2. The van der Waals surface area contributed by atoms with Gasteiger partial charge in [-0.1, -0.05) is 112 Å². The van der Waals surface area contributed by atoms with Gasteiger partial charge in [-0.2, -0.15) is 0 Å². The highest BCUT2D eigenvalue weighted by Crippen LogP contribution is 2.17. The van der Waals surface area contributed by atoms with Crippen LogP contribution in [0.25, 0.3) is 12.2 Å². The standard InChI is InChI=1S/C34H38O4/c1-2-28-17-22-31(23-18-28)37-27-13-8-6-4-3-5-7-12-16-34(36)38-32-24-19-29(20-25-32)21-26-33(35)30-14-10-9-11-15-30/h2,9-11,14-15,17-26H,1,3-8,12-13,16,27H2. The average Bonchev–Trinajstić information content (AvgIpc) is 2.96. The normalized spacial score (nSPS) is 10.8. The van der Waals surface area contributed by atoms with Crippen molar-refractivity contribution in [3.8, 4) is 11.5 Å². The molecule has 3 aromatic carbocycles. The summed E-state index contributed by atoms with van der Waals surface area (Å²) in [6.45, 7) is 4.51. The third-order valence-electron chi connectivity index (χ3n) is 6.26. The Morgan fingerprint density at radius 1 is 0.658 bits per heavy atom. The number of ketones is 1. The molecule has 0 aliphatic carbocycles. The maximum Gasteiger partial charge on any atom is 0.311 e. The number of ether oxygens (including phenoxy) is 2. The van der Waals surface area contributed by atoms with Crippen LogP contribution in [-0.2, 0) is 4.79 Å². The molecular formula is C34H38O4. The largest absolute Gasteiger partial charge is 0.494 e. The highest BCUT2D eigenvalue weighted by Gasteiger charge is 2.05. The van der Waals surface area contributed by atoms with E-state index in [-0.39, 0.29) is 11.8 Å². The number of hydrogen-bond acceptors (Lipinski definition) is 4. The Balaban J connectivity index is 1.18. The van der Waals surface area contributed by atoms with Crippen molar-refractivity contribution in [3.05, 3.63) is 108 Å². The molecule has 0 saturated heterocycles. The van der Waals surface area contributed by atoms with Crippen LogP contribution >= 0.6 is 0 Å². The highest BCUT2D eigenvalue weighted by atomic mass is 16.5. The van der Waals surface area contributed by atoms with Crippen LogP contribution in [0.3, 0.4) is 0 Å². The first-order valence-corrected chi connectivity index (χ1v) is 13.6. The minimum Gasteiger partial charge on any atom is -0.494 e. The van der Waals surface area contributed by atoms with E-state index in [4.69, 9.17) is 9.47 Å². The molecule has 198 valence electrons. The van der Waals surface area contributed by atoms with E-state index in [0.717, 1.165) is 49.2 Å². The van der Waals surface area contributed by atoms with Gasteiger partial charge >= 0.3 is 5.97 Å². The zero-order valence-corrected chi connectivity index (χ0v) is 22.1. The van der Waals surface area contributed by atoms with Crippen LogP contribution in [0.15, 0.2) is 91.5 Å². The second kappa shape index (κ2) is 16.8. The van der Waals surface area contributed by atoms with E-state index in [2.05, 4.69) is 6.58 Å². The van der Waals surface area contributed by atoms with Crippen molar-refractivity contribution in [3.63, 3.8) is 0 Å². The predicted molar refractivity (Wildman–Crippen MR) is 155 cm³/mol. The number of unbranched alkanes of at least 4 members (excludes halogenated alkanes) is 7. The maximum atomic E-state index is 12.2. The van der Waals surface area contributed by atoms with Crippen LogP contribution in [0, 0.1) is 0 Å². The predicted octanol–water partition coefficient (Wildman–Crippen LogP) is 8.72. The molecule has 0 atom stereocenters. The molecule has 0 unspecified atom stereocenters. The van der Waals surface area contributed by atoms with Crippen LogP contribution in [0.2, 0.25) is 0 Å². The van der Waals surface area contributed by atoms with Crippen LogP contribution in [0.5, 0.6) is 11.5 Å². The number of hydrogen-bond donors (Lipinski definition) is 0. The average molecular weight is 511 g/mol. The molecule has 4 heteroatoms. The lowest BCUT2D eigenvalue weighted by Crippen LogP contribution is -2.07. The number of allylic oxidation sites excluding steroid dienone is 1. The van der Waals surface area contributed by atoms with Gasteiger partial charge < -0.3 is 9.47 Å². The smallest absolute Gasteiger partial charge is 0.311 e. The molecule has 3 rings (SSSR count). The van der Waals surface area contributed by atoms with Crippen molar-refractivity contribution in [1.82, 2.24) is 0 Å². The van der Waals surface area contributed by atoms with Gasteiger partial charge in [-0.3, -0.25) is 9.59 Å². The second-order valence-corrected chi connectivity index (χ2v) is 9.31. The van der Waals surface area contributed by atoms with Gasteiger partial charge in [0.2, 0.25) is 0 Å². The number of rotatable bonds is 17. The van der Waals surface area contributed by atoms with Crippen LogP contribution in [0.1, 0.15) is 79.3 Å². The van der Waals surface area contributed by atoms with Gasteiger partial charge in [-0.05, 0) is 54.3 Å². The summed E-state index contributed by atoms with van der Waals surface area (Å²) in [6.07, 6.45) is 14.5. The fraction of sp³-hybridized carbons (Fsp3) is 0.294. The molecular weight excluding hydrogens is 472 g/mol. The van der Waals surface area contributed by atoms with E-state index in [1.807, 2.05) is 60.7 Å². The lowest BCUT2D eigenvalue weighted by Gasteiger charge is -2.07. The van der Waals surface area contributed by atoms with Crippen molar-refractivity contribution in [2.45, 2.75) is 57.8 Å². The molecule has 0 saturated carbocycles. The van der Waals surface area contributed by atoms with Gasteiger partial charge in [-0.25, -0.2) is 0 Å². The molecule has 4 nitrogen and oxygen atoms in total. The summed E-state index contributed by atoms with van der Waals surface area (Å²) < 4.78 is 11.2. The Hall–Kier alpha value is -3.92. The van der Waals surface area contributed by atoms with Crippen molar-refractivity contribution < 1.29 is 19.1 Å². The number of benzene rings is 3. The fourth-order valence-electron chi connectivity index (χ4n) is 4.02. The molecule has 0 aliphatic rings. The van der Waals surface area contributed by atoms with Crippen LogP contribution < -0.4 is 9.47 Å². The molecule has 0 N–H and O–H groups in total. The lowest BCUT2D eigenvalue weighted by molar-refractivity contribution is -0.134. The quantitative estimate of drug-likeness (QED) is 0.0599. The van der Waals surface area contributed by atoms with E-state index in [0.29, 0.717) is 17.7 Å². The van der Waals surface area contributed by atoms with Crippen LogP contribution in [0.4, 0.5) is 0 Å². The summed E-state index contributed by atoms with van der Waals surface area (Å²) in [6, 6.07) is 24.3. The molecule has 0 spiro atoms. The summed E-state index contributed by atoms with van der Waals surface area (Å²) in [5, 5.41) is 0. The van der Waals surface area contributed by atoms with E-state index < -0.39 is 0 Å². The Morgan fingerprint density at radius 3 is 1.89 bits per heavy atom. The van der Waals surface area contributed by atoms with E-state index in [9.17, 15) is 9.59 Å². The molecule has 0 heterocycles. The van der Waals surface area contributed by atoms with Crippen LogP contribution in [-0.4, -0.2) is 18.4 Å². The lowest BCUT2D eigenvalue weighted by atomic mass is 10.1. The third-order valence-corrected chi connectivity index (χ3v) is 6.26. The Kier molecular flexibility index (Phi) is 12.6. The summed E-state index contributed by atoms with van der Waals surface area (Å²) >= 11 is 0. The van der Waals surface area contributed by atoms with Crippen molar-refractivity contribution in [1.29, 1.82) is 0 Å². The first-order valence-electron chi connectivity index (χ1n) is 13.6. The third kappa shape index (κ3) is 11.0. The number of esters is 1. The van der Waals surface area contributed by atoms with Gasteiger partial charge in [0, 0.05) is 12.0 Å². The van der Waals surface area contributed by atoms with E-state index in [1.165, 1.54) is 25.7 Å². The fourth-order valence-corrected chi connectivity index (χ4v) is 4.02. The molecule has 0 aromatic heterocycles. The topological polar surface area (TPSA) is 52.6 Å². The van der Waals surface area contributed by atoms with Gasteiger partial charge in [0.1, 0.15) is 11.5 Å². The first-order chi connectivity index (χ1) is 18.6. The molecule has 0 radical (unpaired) electrons. The van der Waals surface area contributed by atoms with E-state index in [1.54, 1.807) is 36.4 Å². The zero-order valence-electron chi connectivity index (χ0n) is 22.1. The number of carbonyl (C=O) groups excluding carboxylic acids is 2. The van der Waals surface area contributed by atoms with Crippen molar-refractivity contribution >= 4 is 23.9 Å². The van der Waals surface area contributed by atoms with Gasteiger partial charge in [0.15, 0.2) is 5.78 Å². The second-order valence-electron chi connectivity index (χ2n) is 9.31. The van der Waals surface area contributed by atoms with Crippen molar-refractivity contribution in [2.24, 2.45) is 0 Å². The Labute approximate surface area is 227 Å². The molecule has 0 fully saturated rings. The first kappa shape index (κ1) is 28.6. The molecule has 38 heavy (non-hydrogen) atoms. The SMILES string of the molecule is C=Cc1ccc(OCCCCCCCCCCC(=O)Oc2ccc(C=CC(=O)c3ccccc3)cc2)cc1. The van der Waals surface area contributed by atoms with Gasteiger partial charge in [-0.15, -0.1) is 0 Å².